The number of carbonyl (C=O) groups excluding carboxylic acids is 2. The van der Waals surface area contributed by atoms with Crippen LogP contribution >= 0.6 is 12.4 Å². The summed E-state index contributed by atoms with van der Waals surface area (Å²) < 4.78 is 0. The summed E-state index contributed by atoms with van der Waals surface area (Å²) in [4.78, 5) is 26.6. The molecular weight excluding hydrogens is 338 g/mol. The molecule has 0 aliphatic carbocycles. The van der Waals surface area contributed by atoms with E-state index >= 15 is 0 Å². The van der Waals surface area contributed by atoms with Gasteiger partial charge in [-0.25, -0.2) is 0 Å². The molecule has 0 aromatic heterocycles. The predicted octanol–water partition coefficient (Wildman–Crippen LogP) is 2.51. The van der Waals surface area contributed by atoms with Crippen LogP contribution in [0, 0.1) is 0 Å². The number of amides is 2. The number of benzene rings is 1. The second-order valence-electron chi connectivity index (χ2n) is 6.77. The van der Waals surface area contributed by atoms with Gasteiger partial charge in [-0.1, -0.05) is 25.1 Å². The standard InChI is InChI=1S/C19H27N3O2.ClH/c1-2-5-18(23)22-9-4-3-6-17(22)19(24)21-11-14-7-8-15-12-20-13-16(15)10-14;/h7-8,10,17,20H,2-6,9,11-13H2,1H3,(H,21,24);1H. The summed E-state index contributed by atoms with van der Waals surface area (Å²) in [6.07, 6.45) is 4.14. The molecule has 25 heavy (non-hydrogen) atoms. The molecular formula is C19H28ClN3O2. The first-order chi connectivity index (χ1) is 11.7. The zero-order chi connectivity index (χ0) is 16.9. The zero-order valence-corrected chi connectivity index (χ0v) is 15.7. The number of nitrogens with one attached hydrogen (secondary N) is 2. The van der Waals surface area contributed by atoms with Crippen LogP contribution in [0.3, 0.4) is 0 Å². The van der Waals surface area contributed by atoms with E-state index in [0.29, 0.717) is 19.5 Å². The molecule has 3 rings (SSSR count). The van der Waals surface area contributed by atoms with Crippen molar-refractivity contribution in [3.63, 3.8) is 0 Å². The van der Waals surface area contributed by atoms with Gasteiger partial charge < -0.3 is 15.5 Å². The van der Waals surface area contributed by atoms with Gasteiger partial charge in [-0.3, -0.25) is 9.59 Å². The third-order valence-electron chi connectivity index (χ3n) is 4.96. The minimum atomic E-state index is -0.297. The lowest BCUT2D eigenvalue weighted by Gasteiger charge is -2.34. The highest BCUT2D eigenvalue weighted by atomic mass is 35.5. The van der Waals surface area contributed by atoms with Crippen LogP contribution in [0.5, 0.6) is 0 Å². The average molecular weight is 366 g/mol. The second-order valence-corrected chi connectivity index (χ2v) is 6.77. The van der Waals surface area contributed by atoms with Crippen LogP contribution in [-0.2, 0) is 29.2 Å². The zero-order valence-electron chi connectivity index (χ0n) is 14.8. The Balaban J connectivity index is 0.00000225. The average Bonchev–Trinajstić information content (AvgIpc) is 3.07. The second kappa shape index (κ2) is 9.20. The van der Waals surface area contributed by atoms with Crippen LogP contribution in [0.25, 0.3) is 0 Å². The fourth-order valence-corrected chi connectivity index (χ4v) is 3.63. The van der Waals surface area contributed by atoms with Crippen LogP contribution in [0.15, 0.2) is 18.2 Å². The number of likely N-dealkylation sites (tertiary alicyclic amines) is 1. The molecule has 2 aliphatic heterocycles. The van der Waals surface area contributed by atoms with Crippen LogP contribution in [-0.4, -0.2) is 29.3 Å². The minimum absolute atomic E-state index is 0. The molecule has 6 heteroatoms. The summed E-state index contributed by atoms with van der Waals surface area (Å²) in [7, 11) is 0. The molecule has 2 N–H and O–H groups in total. The quantitative estimate of drug-likeness (QED) is 0.842. The van der Waals surface area contributed by atoms with Crippen molar-refractivity contribution in [3.8, 4) is 0 Å². The largest absolute Gasteiger partial charge is 0.350 e. The minimum Gasteiger partial charge on any atom is -0.350 e. The number of carbonyl (C=O) groups is 2. The van der Waals surface area contributed by atoms with Gasteiger partial charge in [0, 0.05) is 32.6 Å². The Morgan fingerprint density at radius 1 is 1.24 bits per heavy atom. The van der Waals surface area contributed by atoms with Gasteiger partial charge in [0.15, 0.2) is 0 Å². The Labute approximate surface area is 155 Å². The molecule has 0 bridgehead atoms. The summed E-state index contributed by atoms with van der Waals surface area (Å²) in [5, 5.41) is 6.36. The van der Waals surface area contributed by atoms with Crippen molar-refractivity contribution < 1.29 is 9.59 Å². The van der Waals surface area contributed by atoms with E-state index in [9.17, 15) is 9.59 Å². The molecule has 2 amide bonds. The fourth-order valence-electron chi connectivity index (χ4n) is 3.63. The smallest absolute Gasteiger partial charge is 0.243 e. The van der Waals surface area contributed by atoms with Crippen molar-refractivity contribution in [2.45, 2.75) is 64.7 Å². The molecule has 2 aliphatic rings. The Hall–Kier alpha value is -1.59. The van der Waals surface area contributed by atoms with Crippen LogP contribution in [0.1, 0.15) is 55.7 Å². The maximum absolute atomic E-state index is 12.6. The maximum Gasteiger partial charge on any atom is 0.243 e. The normalized spacial score (nSPS) is 19.1. The highest BCUT2D eigenvalue weighted by Gasteiger charge is 2.31. The van der Waals surface area contributed by atoms with Crippen LogP contribution in [0.4, 0.5) is 0 Å². The van der Waals surface area contributed by atoms with Crippen LogP contribution < -0.4 is 10.6 Å². The Kier molecular flexibility index (Phi) is 7.26. The first kappa shape index (κ1) is 19.7. The van der Waals surface area contributed by atoms with E-state index in [0.717, 1.165) is 44.3 Å². The molecule has 1 fully saturated rings. The molecule has 138 valence electrons. The summed E-state index contributed by atoms with van der Waals surface area (Å²) in [5.74, 6) is 0.0960. The number of piperidine rings is 1. The van der Waals surface area contributed by atoms with E-state index in [2.05, 4.69) is 28.8 Å². The number of halogens is 1. The first-order valence-corrected chi connectivity index (χ1v) is 9.07. The topological polar surface area (TPSA) is 61.4 Å². The van der Waals surface area contributed by atoms with Crippen molar-refractivity contribution in [3.05, 3.63) is 34.9 Å². The van der Waals surface area contributed by atoms with Crippen molar-refractivity contribution >= 4 is 24.2 Å². The van der Waals surface area contributed by atoms with E-state index in [1.54, 1.807) is 4.90 Å². The lowest BCUT2D eigenvalue weighted by Crippen LogP contribution is -2.51. The van der Waals surface area contributed by atoms with Crippen molar-refractivity contribution in [2.24, 2.45) is 0 Å². The van der Waals surface area contributed by atoms with Gasteiger partial charge in [0.05, 0.1) is 0 Å². The number of rotatable bonds is 5. The fraction of sp³-hybridized carbons (Fsp3) is 0.579. The van der Waals surface area contributed by atoms with Gasteiger partial charge in [0.25, 0.3) is 0 Å². The van der Waals surface area contributed by atoms with E-state index in [1.165, 1.54) is 11.1 Å². The molecule has 1 aromatic carbocycles. The van der Waals surface area contributed by atoms with E-state index in [1.807, 2.05) is 6.92 Å². The van der Waals surface area contributed by atoms with Gasteiger partial charge in [-0.2, -0.15) is 0 Å². The summed E-state index contributed by atoms with van der Waals surface area (Å²) in [5.41, 5.74) is 3.78. The van der Waals surface area contributed by atoms with E-state index in [4.69, 9.17) is 0 Å². The molecule has 0 radical (unpaired) electrons. The number of fused-ring (bicyclic) bond motifs is 1. The van der Waals surface area contributed by atoms with Gasteiger partial charge in [0.2, 0.25) is 11.8 Å². The van der Waals surface area contributed by atoms with E-state index < -0.39 is 0 Å². The molecule has 1 aromatic rings. The summed E-state index contributed by atoms with van der Waals surface area (Å²) in [6.45, 7) is 5.07. The molecule has 0 spiro atoms. The van der Waals surface area contributed by atoms with Crippen LogP contribution in [0.2, 0.25) is 0 Å². The number of hydrogen-bond acceptors (Lipinski definition) is 3. The first-order valence-electron chi connectivity index (χ1n) is 9.07. The van der Waals surface area contributed by atoms with Gasteiger partial charge in [-0.05, 0) is 42.4 Å². The van der Waals surface area contributed by atoms with Gasteiger partial charge >= 0.3 is 0 Å². The summed E-state index contributed by atoms with van der Waals surface area (Å²) in [6, 6.07) is 6.08. The van der Waals surface area contributed by atoms with E-state index in [-0.39, 0.29) is 30.3 Å². The third kappa shape index (κ3) is 4.73. The molecule has 1 saturated heterocycles. The van der Waals surface area contributed by atoms with Gasteiger partial charge in [0.1, 0.15) is 6.04 Å². The third-order valence-corrected chi connectivity index (χ3v) is 4.96. The number of nitrogens with zero attached hydrogens (tertiary/aromatic N) is 1. The number of hydrogen-bond donors (Lipinski definition) is 2. The lowest BCUT2D eigenvalue weighted by atomic mass is 10.0. The molecule has 5 nitrogen and oxygen atoms in total. The predicted molar refractivity (Wildman–Crippen MR) is 100 cm³/mol. The highest BCUT2D eigenvalue weighted by molar-refractivity contribution is 5.87. The monoisotopic (exact) mass is 365 g/mol. The summed E-state index contributed by atoms with van der Waals surface area (Å²) >= 11 is 0. The Bertz CT molecular complexity index is 621. The Morgan fingerprint density at radius 2 is 2.04 bits per heavy atom. The molecule has 1 atom stereocenters. The van der Waals surface area contributed by atoms with Gasteiger partial charge in [-0.15, -0.1) is 12.4 Å². The Morgan fingerprint density at radius 3 is 2.84 bits per heavy atom. The lowest BCUT2D eigenvalue weighted by molar-refractivity contribution is -0.142. The highest BCUT2D eigenvalue weighted by Crippen LogP contribution is 2.20. The molecule has 2 heterocycles. The SMILES string of the molecule is CCCC(=O)N1CCCCC1C(=O)NCc1ccc2c(c1)CNC2.Cl. The van der Waals surface area contributed by atoms with Crippen molar-refractivity contribution in [2.75, 3.05) is 6.54 Å². The van der Waals surface area contributed by atoms with Crippen molar-refractivity contribution in [1.82, 2.24) is 15.5 Å². The molecule has 0 saturated carbocycles. The molecule has 1 unspecified atom stereocenters. The van der Waals surface area contributed by atoms with Crippen molar-refractivity contribution in [1.29, 1.82) is 0 Å². The maximum atomic E-state index is 12.6.